The number of nitrogens with two attached hydrogens (primary N) is 1. The standard InChI is InChI=1S/C10H16N2O2S/c1-3-8-12(15(2,13)14)10-6-4-9(11)5-7-10/h4-7H,3,8,11H2,1-2H3. The summed E-state index contributed by atoms with van der Waals surface area (Å²) in [6.07, 6.45) is 1.98. The normalized spacial score (nSPS) is 11.3. The van der Waals surface area contributed by atoms with Gasteiger partial charge in [-0.05, 0) is 30.7 Å². The molecular weight excluding hydrogens is 212 g/mol. The van der Waals surface area contributed by atoms with Crippen LogP contribution in [0.5, 0.6) is 0 Å². The summed E-state index contributed by atoms with van der Waals surface area (Å²) >= 11 is 0. The van der Waals surface area contributed by atoms with Gasteiger partial charge in [-0.1, -0.05) is 6.92 Å². The highest BCUT2D eigenvalue weighted by Gasteiger charge is 2.15. The maximum absolute atomic E-state index is 11.5. The molecule has 0 bridgehead atoms. The van der Waals surface area contributed by atoms with Crippen molar-refractivity contribution in [1.29, 1.82) is 0 Å². The van der Waals surface area contributed by atoms with Crippen LogP contribution in [0, 0.1) is 0 Å². The Kier molecular flexibility index (Phi) is 3.57. The predicted octanol–water partition coefficient (Wildman–Crippen LogP) is 1.44. The molecule has 1 aromatic rings. The van der Waals surface area contributed by atoms with Gasteiger partial charge in [0.2, 0.25) is 10.0 Å². The molecular formula is C10H16N2O2S. The van der Waals surface area contributed by atoms with Crippen LogP contribution in [0.2, 0.25) is 0 Å². The summed E-state index contributed by atoms with van der Waals surface area (Å²) in [6.45, 7) is 2.43. The van der Waals surface area contributed by atoms with Gasteiger partial charge in [-0.25, -0.2) is 8.42 Å². The number of hydrogen-bond donors (Lipinski definition) is 1. The Morgan fingerprint density at radius 1 is 1.27 bits per heavy atom. The molecule has 0 fully saturated rings. The summed E-state index contributed by atoms with van der Waals surface area (Å²) in [7, 11) is -3.20. The van der Waals surface area contributed by atoms with E-state index in [-0.39, 0.29) is 0 Å². The second-order valence-corrected chi connectivity index (χ2v) is 5.33. The second kappa shape index (κ2) is 4.53. The molecule has 0 aliphatic heterocycles. The molecule has 84 valence electrons. The Morgan fingerprint density at radius 3 is 2.20 bits per heavy atom. The summed E-state index contributed by atoms with van der Waals surface area (Å²) in [4.78, 5) is 0. The largest absolute Gasteiger partial charge is 0.399 e. The van der Waals surface area contributed by atoms with E-state index in [1.54, 1.807) is 24.3 Å². The zero-order valence-electron chi connectivity index (χ0n) is 8.97. The lowest BCUT2D eigenvalue weighted by Crippen LogP contribution is -2.30. The van der Waals surface area contributed by atoms with E-state index in [4.69, 9.17) is 5.73 Å². The first kappa shape index (κ1) is 11.8. The van der Waals surface area contributed by atoms with Crippen molar-refractivity contribution in [1.82, 2.24) is 0 Å². The summed E-state index contributed by atoms with van der Waals surface area (Å²) in [5.41, 5.74) is 6.83. The van der Waals surface area contributed by atoms with Gasteiger partial charge in [0.1, 0.15) is 0 Å². The lowest BCUT2D eigenvalue weighted by Gasteiger charge is -2.21. The van der Waals surface area contributed by atoms with Crippen molar-refractivity contribution in [3.63, 3.8) is 0 Å². The number of hydrogen-bond acceptors (Lipinski definition) is 3. The SMILES string of the molecule is CCCN(c1ccc(N)cc1)S(C)(=O)=O. The smallest absolute Gasteiger partial charge is 0.232 e. The minimum atomic E-state index is -3.20. The van der Waals surface area contributed by atoms with Gasteiger partial charge in [0, 0.05) is 12.2 Å². The number of nitrogens with zero attached hydrogens (tertiary/aromatic N) is 1. The summed E-state index contributed by atoms with van der Waals surface area (Å²) < 4.78 is 24.4. The van der Waals surface area contributed by atoms with Crippen LogP contribution in [0.4, 0.5) is 11.4 Å². The molecule has 5 heteroatoms. The third-order valence-electron chi connectivity index (χ3n) is 2.01. The molecule has 0 aromatic heterocycles. The van der Waals surface area contributed by atoms with Crippen molar-refractivity contribution in [3.8, 4) is 0 Å². The van der Waals surface area contributed by atoms with Crippen molar-refractivity contribution < 1.29 is 8.42 Å². The van der Waals surface area contributed by atoms with Crippen molar-refractivity contribution in [2.75, 3.05) is 22.8 Å². The number of sulfonamides is 1. The molecule has 0 saturated heterocycles. The zero-order valence-corrected chi connectivity index (χ0v) is 9.79. The lowest BCUT2D eigenvalue weighted by molar-refractivity contribution is 0.596. The monoisotopic (exact) mass is 228 g/mol. The maximum Gasteiger partial charge on any atom is 0.232 e. The van der Waals surface area contributed by atoms with E-state index in [0.717, 1.165) is 6.42 Å². The molecule has 1 rings (SSSR count). The molecule has 0 heterocycles. The lowest BCUT2D eigenvalue weighted by atomic mass is 10.3. The van der Waals surface area contributed by atoms with E-state index in [2.05, 4.69) is 0 Å². The maximum atomic E-state index is 11.5. The van der Waals surface area contributed by atoms with Crippen LogP contribution in [0.15, 0.2) is 24.3 Å². The van der Waals surface area contributed by atoms with Crippen molar-refractivity contribution in [3.05, 3.63) is 24.3 Å². The number of benzene rings is 1. The van der Waals surface area contributed by atoms with E-state index in [9.17, 15) is 8.42 Å². The fourth-order valence-electron chi connectivity index (χ4n) is 1.33. The van der Waals surface area contributed by atoms with Gasteiger partial charge in [0.25, 0.3) is 0 Å². The number of nitrogen functional groups attached to an aromatic ring is 1. The Hall–Kier alpha value is -1.23. The molecule has 0 aliphatic rings. The molecule has 2 N–H and O–H groups in total. The molecule has 1 aromatic carbocycles. The molecule has 0 amide bonds. The third-order valence-corrected chi connectivity index (χ3v) is 3.20. The van der Waals surface area contributed by atoms with Crippen LogP contribution in [-0.4, -0.2) is 21.2 Å². The first-order chi connectivity index (χ1) is 6.95. The predicted molar refractivity (Wildman–Crippen MR) is 63.3 cm³/mol. The fraction of sp³-hybridized carbons (Fsp3) is 0.400. The molecule has 0 unspecified atom stereocenters. The number of rotatable bonds is 4. The number of anilines is 2. The van der Waals surface area contributed by atoms with Crippen LogP contribution in [0.1, 0.15) is 13.3 Å². The van der Waals surface area contributed by atoms with Gasteiger partial charge < -0.3 is 5.73 Å². The summed E-state index contributed by atoms with van der Waals surface area (Å²) in [5.74, 6) is 0. The Bertz CT molecular complexity index is 412. The van der Waals surface area contributed by atoms with Crippen LogP contribution >= 0.6 is 0 Å². The van der Waals surface area contributed by atoms with Gasteiger partial charge in [0.05, 0.1) is 11.9 Å². The van der Waals surface area contributed by atoms with Crippen molar-refractivity contribution >= 4 is 21.4 Å². The first-order valence-corrected chi connectivity index (χ1v) is 6.63. The minimum Gasteiger partial charge on any atom is -0.399 e. The van der Waals surface area contributed by atoms with E-state index in [0.29, 0.717) is 17.9 Å². The zero-order chi connectivity index (χ0) is 11.5. The van der Waals surface area contributed by atoms with Crippen LogP contribution in [0.25, 0.3) is 0 Å². The van der Waals surface area contributed by atoms with Crippen LogP contribution in [-0.2, 0) is 10.0 Å². The molecule has 0 radical (unpaired) electrons. The van der Waals surface area contributed by atoms with E-state index < -0.39 is 10.0 Å². The fourth-order valence-corrected chi connectivity index (χ4v) is 2.35. The third kappa shape index (κ3) is 3.13. The highest BCUT2D eigenvalue weighted by molar-refractivity contribution is 7.92. The van der Waals surface area contributed by atoms with Gasteiger partial charge in [-0.3, -0.25) is 4.31 Å². The molecule has 0 aliphatic carbocycles. The van der Waals surface area contributed by atoms with E-state index in [1.807, 2.05) is 6.92 Å². The summed E-state index contributed by atoms with van der Waals surface area (Å²) in [5, 5.41) is 0. The first-order valence-electron chi connectivity index (χ1n) is 4.78. The molecule has 15 heavy (non-hydrogen) atoms. The molecule has 0 saturated carbocycles. The van der Waals surface area contributed by atoms with Crippen molar-refractivity contribution in [2.24, 2.45) is 0 Å². The second-order valence-electron chi connectivity index (χ2n) is 3.43. The van der Waals surface area contributed by atoms with Crippen LogP contribution < -0.4 is 10.0 Å². The minimum absolute atomic E-state index is 0.489. The summed E-state index contributed by atoms with van der Waals surface area (Å²) in [6, 6.07) is 6.82. The van der Waals surface area contributed by atoms with E-state index in [1.165, 1.54) is 10.6 Å². The highest BCUT2D eigenvalue weighted by Crippen LogP contribution is 2.19. The Morgan fingerprint density at radius 2 is 1.80 bits per heavy atom. The van der Waals surface area contributed by atoms with E-state index >= 15 is 0 Å². The molecule has 4 nitrogen and oxygen atoms in total. The van der Waals surface area contributed by atoms with Crippen molar-refractivity contribution in [2.45, 2.75) is 13.3 Å². The molecule has 0 atom stereocenters. The van der Waals surface area contributed by atoms with Crippen LogP contribution in [0.3, 0.4) is 0 Å². The van der Waals surface area contributed by atoms with Gasteiger partial charge in [0.15, 0.2) is 0 Å². The average Bonchev–Trinajstić information content (AvgIpc) is 2.14. The van der Waals surface area contributed by atoms with Gasteiger partial charge in [-0.2, -0.15) is 0 Å². The Labute approximate surface area is 90.8 Å². The topological polar surface area (TPSA) is 63.4 Å². The Balaban J connectivity index is 3.05. The quantitative estimate of drug-likeness (QED) is 0.793. The average molecular weight is 228 g/mol. The highest BCUT2D eigenvalue weighted by atomic mass is 32.2. The van der Waals surface area contributed by atoms with Gasteiger partial charge >= 0.3 is 0 Å². The van der Waals surface area contributed by atoms with Gasteiger partial charge in [-0.15, -0.1) is 0 Å². The molecule has 0 spiro atoms.